The third kappa shape index (κ3) is 3.94. The van der Waals surface area contributed by atoms with Crippen LogP contribution in [0.4, 0.5) is 11.4 Å². The Morgan fingerprint density at radius 3 is 2.62 bits per heavy atom. The fourth-order valence-corrected chi connectivity index (χ4v) is 2.76. The molecule has 136 valence electrons. The van der Waals surface area contributed by atoms with Gasteiger partial charge < -0.3 is 5.11 Å². The van der Waals surface area contributed by atoms with Gasteiger partial charge in [0.25, 0.3) is 5.56 Å². The molecule has 0 unspecified atom stereocenters. The molecular formula is C19H21ClN4O2. The highest BCUT2D eigenvalue weighted by Gasteiger charge is 2.19. The minimum Gasteiger partial charge on any atom is -0.493 e. The van der Waals surface area contributed by atoms with Gasteiger partial charge >= 0.3 is 0 Å². The van der Waals surface area contributed by atoms with Crippen molar-refractivity contribution >= 4 is 23.0 Å². The number of hydrogen-bond donors (Lipinski definition) is 1. The summed E-state index contributed by atoms with van der Waals surface area (Å²) in [5.41, 5.74) is 1.23. The van der Waals surface area contributed by atoms with Gasteiger partial charge in [0, 0.05) is 17.1 Å². The number of rotatable bonds is 6. The Morgan fingerprint density at radius 2 is 1.96 bits per heavy atom. The fraction of sp³-hybridized carbons (Fsp3) is 0.368. The van der Waals surface area contributed by atoms with Crippen LogP contribution < -0.4 is 5.56 Å². The third-order valence-electron chi connectivity index (χ3n) is 4.25. The lowest BCUT2D eigenvalue weighted by Gasteiger charge is -2.12. The molecule has 0 bridgehead atoms. The highest BCUT2D eigenvalue weighted by Crippen LogP contribution is 2.29. The maximum Gasteiger partial charge on any atom is 0.281 e. The Bertz CT molecular complexity index is 942. The van der Waals surface area contributed by atoms with Crippen LogP contribution in [0.5, 0.6) is 5.88 Å². The summed E-state index contributed by atoms with van der Waals surface area (Å²) in [5.74, 6) is -0.316. The zero-order valence-electron chi connectivity index (χ0n) is 15.1. The lowest BCUT2D eigenvalue weighted by atomic mass is 10.1. The van der Waals surface area contributed by atoms with Crippen LogP contribution in [-0.2, 0) is 6.54 Å². The normalized spacial score (nSPS) is 11.0. The van der Waals surface area contributed by atoms with E-state index < -0.39 is 5.56 Å². The second-order valence-electron chi connectivity index (χ2n) is 6.03. The summed E-state index contributed by atoms with van der Waals surface area (Å²) in [4.78, 5) is 12.8. The number of nitriles is 1. The lowest BCUT2D eigenvalue weighted by Crippen LogP contribution is -2.22. The number of halogens is 1. The number of aromatic nitrogens is 1. The maximum atomic E-state index is 12.8. The minimum absolute atomic E-state index is 0.0397. The number of benzene rings is 1. The Balaban J connectivity index is 2.55. The van der Waals surface area contributed by atoms with E-state index >= 15 is 0 Å². The summed E-state index contributed by atoms with van der Waals surface area (Å²) in [6.07, 6.45) is 2.62. The average molecular weight is 373 g/mol. The number of unbranched alkanes of at least 4 members (excludes halogenated alkanes) is 2. The summed E-state index contributed by atoms with van der Waals surface area (Å²) in [6.45, 7) is 5.76. The van der Waals surface area contributed by atoms with Crippen LogP contribution in [0.25, 0.3) is 0 Å². The van der Waals surface area contributed by atoms with E-state index in [1.807, 2.05) is 19.9 Å². The molecule has 0 atom stereocenters. The maximum absolute atomic E-state index is 12.8. The first kappa shape index (κ1) is 19.7. The van der Waals surface area contributed by atoms with Crippen LogP contribution in [0, 0.1) is 25.2 Å². The van der Waals surface area contributed by atoms with E-state index in [0.717, 1.165) is 24.8 Å². The summed E-state index contributed by atoms with van der Waals surface area (Å²) in [6, 6.07) is 7.18. The molecule has 0 spiro atoms. The molecule has 0 aliphatic heterocycles. The molecule has 2 rings (SSSR count). The first-order chi connectivity index (χ1) is 12.4. The number of hydrogen-bond acceptors (Lipinski definition) is 5. The highest BCUT2D eigenvalue weighted by molar-refractivity contribution is 6.31. The molecule has 0 aliphatic rings. The molecule has 26 heavy (non-hydrogen) atoms. The molecule has 1 N–H and O–H groups in total. The number of azo groups is 1. The standard InChI is InChI=1S/C19H21ClN4O2/c1-4-5-6-10-24-18(25)14(11-21)12(2)17(19(24)26)23-22-16-9-7-8-15(20)13(16)3/h7-9,25H,4-6,10H2,1-3H3. The van der Waals surface area contributed by atoms with E-state index in [2.05, 4.69) is 10.2 Å². The van der Waals surface area contributed by atoms with Crippen molar-refractivity contribution in [2.24, 2.45) is 10.2 Å². The van der Waals surface area contributed by atoms with Crippen molar-refractivity contribution in [3.63, 3.8) is 0 Å². The topological polar surface area (TPSA) is 90.7 Å². The molecule has 0 fully saturated rings. The first-order valence-corrected chi connectivity index (χ1v) is 8.83. The average Bonchev–Trinajstić information content (AvgIpc) is 2.61. The third-order valence-corrected chi connectivity index (χ3v) is 4.66. The van der Waals surface area contributed by atoms with Crippen LogP contribution in [-0.4, -0.2) is 9.67 Å². The van der Waals surface area contributed by atoms with Crippen LogP contribution in [0.3, 0.4) is 0 Å². The molecule has 0 aliphatic carbocycles. The van der Waals surface area contributed by atoms with Crippen LogP contribution >= 0.6 is 11.6 Å². The zero-order valence-corrected chi connectivity index (χ0v) is 15.8. The monoisotopic (exact) mass is 372 g/mol. The van der Waals surface area contributed by atoms with Gasteiger partial charge in [-0.05, 0) is 38.0 Å². The molecule has 0 radical (unpaired) electrons. The summed E-state index contributed by atoms with van der Waals surface area (Å²) < 4.78 is 1.19. The molecule has 0 saturated heterocycles. The van der Waals surface area contributed by atoms with Crippen LogP contribution in [0.1, 0.15) is 42.9 Å². The van der Waals surface area contributed by atoms with Crippen molar-refractivity contribution < 1.29 is 5.11 Å². The highest BCUT2D eigenvalue weighted by atomic mass is 35.5. The second-order valence-corrected chi connectivity index (χ2v) is 6.44. The van der Waals surface area contributed by atoms with E-state index in [-0.39, 0.29) is 17.1 Å². The largest absolute Gasteiger partial charge is 0.493 e. The molecule has 2 aromatic rings. The SMILES string of the molecule is CCCCCn1c(O)c(C#N)c(C)c(N=Nc2cccc(Cl)c2C)c1=O. The van der Waals surface area contributed by atoms with Crippen LogP contribution in [0.15, 0.2) is 33.2 Å². The van der Waals surface area contributed by atoms with Gasteiger partial charge in [-0.25, -0.2) is 0 Å². The zero-order chi connectivity index (χ0) is 19.3. The summed E-state index contributed by atoms with van der Waals surface area (Å²) in [7, 11) is 0. The molecule has 0 amide bonds. The molecule has 0 saturated carbocycles. The Morgan fingerprint density at radius 1 is 1.23 bits per heavy atom. The van der Waals surface area contributed by atoms with Crippen molar-refractivity contribution in [3.05, 3.63) is 50.3 Å². The first-order valence-electron chi connectivity index (χ1n) is 8.45. The van der Waals surface area contributed by atoms with E-state index in [4.69, 9.17) is 11.6 Å². The summed E-state index contributed by atoms with van der Waals surface area (Å²) in [5, 5.41) is 28.4. The predicted molar refractivity (Wildman–Crippen MR) is 102 cm³/mol. The van der Waals surface area contributed by atoms with Gasteiger partial charge in [-0.2, -0.15) is 10.4 Å². The lowest BCUT2D eigenvalue weighted by molar-refractivity contribution is 0.398. The van der Waals surface area contributed by atoms with Gasteiger partial charge in [-0.3, -0.25) is 9.36 Å². The Hall–Kier alpha value is -2.65. The van der Waals surface area contributed by atoms with Gasteiger partial charge in [-0.15, -0.1) is 5.11 Å². The second kappa shape index (κ2) is 8.63. The molecule has 1 aromatic heterocycles. The van der Waals surface area contributed by atoms with Gasteiger partial charge in [-0.1, -0.05) is 37.4 Å². The van der Waals surface area contributed by atoms with Crippen molar-refractivity contribution in [2.75, 3.05) is 0 Å². The molecule has 1 heterocycles. The van der Waals surface area contributed by atoms with Gasteiger partial charge in [0.2, 0.25) is 5.88 Å². The van der Waals surface area contributed by atoms with Gasteiger partial charge in [0.1, 0.15) is 11.6 Å². The van der Waals surface area contributed by atoms with E-state index in [9.17, 15) is 15.2 Å². The molecule has 1 aromatic carbocycles. The Labute approximate surface area is 157 Å². The molecular weight excluding hydrogens is 352 g/mol. The van der Waals surface area contributed by atoms with E-state index in [1.165, 1.54) is 4.57 Å². The summed E-state index contributed by atoms with van der Waals surface area (Å²) >= 11 is 6.08. The quantitative estimate of drug-likeness (QED) is 0.550. The number of nitrogens with zero attached hydrogens (tertiary/aromatic N) is 4. The van der Waals surface area contributed by atoms with Crippen molar-refractivity contribution in [1.82, 2.24) is 4.57 Å². The number of aromatic hydroxyl groups is 1. The number of pyridine rings is 1. The minimum atomic E-state index is -0.460. The van der Waals surface area contributed by atoms with Crippen molar-refractivity contribution in [3.8, 4) is 11.9 Å². The molecule has 7 heteroatoms. The molecule has 6 nitrogen and oxygen atoms in total. The smallest absolute Gasteiger partial charge is 0.281 e. The van der Waals surface area contributed by atoms with E-state index in [1.54, 1.807) is 25.1 Å². The van der Waals surface area contributed by atoms with Gasteiger partial charge in [0.05, 0.1) is 5.69 Å². The van der Waals surface area contributed by atoms with Crippen molar-refractivity contribution in [1.29, 1.82) is 5.26 Å². The van der Waals surface area contributed by atoms with Gasteiger partial charge in [0.15, 0.2) is 5.69 Å². The Kier molecular flexibility index (Phi) is 6.53. The fourth-order valence-electron chi connectivity index (χ4n) is 2.59. The van der Waals surface area contributed by atoms with Crippen molar-refractivity contribution in [2.45, 2.75) is 46.6 Å². The van der Waals surface area contributed by atoms with Crippen LogP contribution in [0.2, 0.25) is 5.02 Å². The predicted octanol–water partition coefficient (Wildman–Crippen LogP) is 5.30. The van der Waals surface area contributed by atoms with E-state index in [0.29, 0.717) is 22.8 Å².